The molecule has 2 aromatic rings. The topological polar surface area (TPSA) is 50.1 Å². The second-order valence-electron chi connectivity index (χ2n) is 6.09. The number of halogens is 3. The zero-order chi connectivity index (χ0) is 18.9. The van der Waals surface area contributed by atoms with Gasteiger partial charge in [-0.1, -0.05) is 30.3 Å². The molecular formula is C20H16F3NO2. The van der Waals surface area contributed by atoms with Gasteiger partial charge >= 0.3 is 12.1 Å². The van der Waals surface area contributed by atoms with Gasteiger partial charge in [-0.05, 0) is 47.7 Å². The first kappa shape index (κ1) is 18.0. The summed E-state index contributed by atoms with van der Waals surface area (Å²) in [6.45, 7) is 1.74. The van der Waals surface area contributed by atoms with E-state index >= 15 is 0 Å². The molecule has 0 aliphatic heterocycles. The first-order chi connectivity index (χ1) is 12.4. The van der Waals surface area contributed by atoms with Crippen LogP contribution in [0, 0.1) is 11.3 Å². The maximum atomic E-state index is 13.3. The van der Waals surface area contributed by atoms with Crippen molar-refractivity contribution in [3.8, 4) is 17.2 Å². The number of alkyl halides is 3. The molecule has 3 rings (SSSR count). The number of hydrogen-bond donors (Lipinski definition) is 0. The van der Waals surface area contributed by atoms with E-state index in [2.05, 4.69) is 0 Å². The highest BCUT2D eigenvalue weighted by Gasteiger charge is 2.50. The van der Waals surface area contributed by atoms with Gasteiger partial charge in [0.1, 0.15) is 5.41 Å². The molecule has 0 heterocycles. The highest BCUT2D eigenvalue weighted by atomic mass is 19.4. The summed E-state index contributed by atoms with van der Waals surface area (Å²) in [5.74, 6) is -0.624. The lowest BCUT2D eigenvalue weighted by Crippen LogP contribution is -2.37. The maximum absolute atomic E-state index is 13.3. The van der Waals surface area contributed by atoms with E-state index in [1.54, 1.807) is 31.2 Å². The molecule has 0 N–H and O–H groups in total. The van der Waals surface area contributed by atoms with Gasteiger partial charge in [-0.15, -0.1) is 0 Å². The third-order valence-corrected chi connectivity index (χ3v) is 4.72. The second kappa shape index (κ2) is 6.49. The molecule has 0 spiro atoms. The molecule has 3 nitrogen and oxygen atoms in total. The summed E-state index contributed by atoms with van der Waals surface area (Å²) in [6.07, 6.45) is -4.45. The van der Waals surface area contributed by atoms with Crippen molar-refractivity contribution in [2.45, 2.75) is 31.4 Å². The molecule has 0 bridgehead atoms. The van der Waals surface area contributed by atoms with E-state index in [0.29, 0.717) is 16.7 Å². The Kier molecular flexibility index (Phi) is 4.49. The summed E-state index contributed by atoms with van der Waals surface area (Å²) in [5.41, 5.74) is -0.124. The summed E-state index contributed by atoms with van der Waals surface area (Å²) < 4.78 is 45.0. The fourth-order valence-corrected chi connectivity index (χ4v) is 3.63. The maximum Gasteiger partial charge on any atom is 0.416 e. The lowest BCUT2D eigenvalue weighted by Gasteiger charge is -2.29. The largest absolute Gasteiger partial charge is 0.465 e. The Balaban J connectivity index is 2.32. The van der Waals surface area contributed by atoms with Crippen LogP contribution < -0.4 is 0 Å². The smallest absolute Gasteiger partial charge is 0.416 e. The Morgan fingerprint density at radius 1 is 1.15 bits per heavy atom. The van der Waals surface area contributed by atoms with Crippen LogP contribution in [0.1, 0.15) is 36.5 Å². The normalized spacial score (nSPS) is 18.0. The lowest BCUT2D eigenvalue weighted by molar-refractivity contribution is -0.149. The molecule has 0 fully saturated rings. The molecule has 26 heavy (non-hydrogen) atoms. The van der Waals surface area contributed by atoms with Crippen LogP contribution in [0.4, 0.5) is 13.2 Å². The summed E-state index contributed by atoms with van der Waals surface area (Å²) in [6, 6.07) is 12.4. The Morgan fingerprint density at radius 2 is 1.85 bits per heavy atom. The van der Waals surface area contributed by atoms with Gasteiger partial charge < -0.3 is 4.74 Å². The minimum atomic E-state index is -4.53. The van der Waals surface area contributed by atoms with Gasteiger partial charge in [0.25, 0.3) is 0 Å². The number of hydrogen-bond acceptors (Lipinski definition) is 3. The number of nitriles is 1. The summed E-state index contributed by atoms with van der Waals surface area (Å²) in [5, 5.41) is 9.05. The highest BCUT2D eigenvalue weighted by Crippen LogP contribution is 2.53. The van der Waals surface area contributed by atoms with Crippen LogP contribution in [0.2, 0.25) is 0 Å². The van der Waals surface area contributed by atoms with E-state index in [1.165, 1.54) is 6.07 Å². The van der Waals surface area contributed by atoms with Crippen LogP contribution in [0.25, 0.3) is 11.1 Å². The van der Waals surface area contributed by atoms with Gasteiger partial charge in [-0.3, -0.25) is 4.79 Å². The number of carbonyl (C=O) groups is 1. The van der Waals surface area contributed by atoms with Crippen molar-refractivity contribution < 1.29 is 22.7 Å². The number of benzene rings is 2. The highest BCUT2D eigenvalue weighted by molar-refractivity contribution is 5.98. The third kappa shape index (κ3) is 2.64. The second-order valence-corrected chi connectivity index (χ2v) is 6.09. The first-order valence-corrected chi connectivity index (χ1v) is 8.22. The summed E-state index contributed by atoms with van der Waals surface area (Å²) in [4.78, 5) is 12.9. The van der Waals surface area contributed by atoms with E-state index in [9.17, 15) is 18.0 Å². The predicted molar refractivity (Wildman–Crippen MR) is 89.1 cm³/mol. The predicted octanol–water partition coefficient (Wildman–Crippen LogP) is 4.84. The summed E-state index contributed by atoms with van der Waals surface area (Å²) in [7, 11) is 0. The molecule has 0 aromatic heterocycles. The van der Waals surface area contributed by atoms with E-state index in [-0.39, 0.29) is 25.0 Å². The van der Waals surface area contributed by atoms with Gasteiger partial charge in [0, 0.05) is 6.42 Å². The van der Waals surface area contributed by atoms with Crippen molar-refractivity contribution in [2.75, 3.05) is 6.61 Å². The van der Waals surface area contributed by atoms with Crippen molar-refractivity contribution in [3.05, 3.63) is 59.2 Å². The molecule has 0 saturated heterocycles. The molecule has 2 aromatic carbocycles. The van der Waals surface area contributed by atoms with Gasteiger partial charge in [0.15, 0.2) is 0 Å². The third-order valence-electron chi connectivity index (χ3n) is 4.72. The van der Waals surface area contributed by atoms with Crippen LogP contribution in [0.15, 0.2) is 42.5 Å². The molecule has 134 valence electrons. The monoisotopic (exact) mass is 359 g/mol. The van der Waals surface area contributed by atoms with Crippen LogP contribution in [-0.4, -0.2) is 12.6 Å². The van der Waals surface area contributed by atoms with Crippen LogP contribution in [0.5, 0.6) is 0 Å². The van der Waals surface area contributed by atoms with E-state index in [4.69, 9.17) is 10.00 Å². The molecule has 0 radical (unpaired) electrons. The van der Waals surface area contributed by atoms with E-state index < -0.39 is 23.1 Å². The number of fused-ring (bicyclic) bond motifs is 3. The molecule has 1 aliphatic rings. The average Bonchev–Trinajstić information content (AvgIpc) is 2.90. The number of carbonyl (C=O) groups excluding carboxylic acids is 1. The summed E-state index contributed by atoms with van der Waals surface area (Å²) >= 11 is 0. The minimum Gasteiger partial charge on any atom is -0.465 e. The molecule has 1 unspecified atom stereocenters. The number of esters is 1. The number of rotatable bonds is 4. The van der Waals surface area contributed by atoms with Crippen molar-refractivity contribution in [3.63, 3.8) is 0 Å². The SMILES string of the molecule is CCOC(=O)C1(CCC#N)c2ccccc2-c2ccc(C(F)(F)F)cc21. The Hall–Kier alpha value is -2.81. The number of nitrogens with zero attached hydrogens (tertiary/aromatic N) is 1. The molecule has 6 heteroatoms. The van der Waals surface area contributed by atoms with Gasteiger partial charge in [0.05, 0.1) is 18.2 Å². The molecular weight excluding hydrogens is 343 g/mol. The molecule has 0 saturated carbocycles. The standard InChI is InChI=1S/C20H16F3NO2/c1-2-26-18(25)19(10-5-11-24)16-7-4-3-6-14(16)15-9-8-13(12-17(15)19)20(21,22)23/h3-4,6-9,12H,2,5,10H2,1H3. The van der Waals surface area contributed by atoms with Gasteiger partial charge in [0.2, 0.25) is 0 Å². The van der Waals surface area contributed by atoms with Crippen molar-refractivity contribution >= 4 is 5.97 Å². The Labute approximate surface area is 149 Å². The zero-order valence-corrected chi connectivity index (χ0v) is 14.1. The first-order valence-electron chi connectivity index (χ1n) is 8.22. The van der Waals surface area contributed by atoms with Crippen LogP contribution in [-0.2, 0) is 21.1 Å². The fourth-order valence-electron chi connectivity index (χ4n) is 3.63. The average molecular weight is 359 g/mol. The van der Waals surface area contributed by atoms with Crippen LogP contribution >= 0.6 is 0 Å². The van der Waals surface area contributed by atoms with E-state index in [1.807, 2.05) is 6.07 Å². The fraction of sp³-hybridized carbons (Fsp3) is 0.300. The van der Waals surface area contributed by atoms with Crippen LogP contribution in [0.3, 0.4) is 0 Å². The van der Waals surface area contributed by atoms with Crippen molar-refractivity contribution in [2.24, 2.45) is 0 Å². The minimum absolute atomic E-state index is 0.0167. The number of ether oxygens (including phenoxy) is 1. The van der Waals surface area contributed by atoms with Gasteiger partial charge in [-0.2, -0.15) is 18.4 Å². The van der Waals surface area contributed by atoms with Crippen molar-refractivity contribution in [1.82, 2.24) is 0 Å². The van der Waals surface area contributed by atoms with E-state index in [0.717, 1.165) is 12.1 Å². The van der Waals surface area contributed by atoms with Gasteiger partial charge in [-0.25, -0.2) is 0 Å². The quantitative estimate of drug-likeness (QED) is 0.734. The lowest BCUT2D eigenvalue weighted by atomic mass is 9.74. The Bertz CT molecular complexity index is 899. The van der Waals surface area contributed by atoms with Crippen molar-refractivity contribution in [1.29, 1.82) is 5.26 Å². The Morgan fingerprint density at radius 3 is 2.50 bits per heavy atom. The molecule has 0 amide bonds. The zero-order valence-electron chi connectivity index (χ0n) is 14.1. The molecule has 1 atom stereocenters. The molecule has 1 aliphatic carbocycles.